The maximum absolute atomic E-state index is 13.3. The molecule has 1 aromatic rings. The molecule has 5 heteroatoms. The Kier molecular flexibility index (Phi) is 5.17. The van der Waals surface area contributed by atoms with E-state index in [1.807, 2.05) is 26.8 Å². The maximum atomic E-state index is 13.3. The third-order valence-electron chi connectivity index (χ3n) is 3.88. The van der Waals surface area contributed by atoms with Gasteiger partial charge in [-0.3, -0.25) is 0 Å². The summed E-state index contributed by atoms with van der Waals surface area (Å²) in [5.41, 5.74) is 6.98. The molecule has 0 unspecified atom stereocenters. The van der Waals surface area contributed by atoms with Crippen LogP contribution in [0.2, 0.25) is 0 Å². The van der Waals surface area contributed by atoms with Crippen molar-refractivity contribution < 1.29 is 8.94 Å². The Labute approximate surface area is 129 Å². The van der Waals surface area contributed by atoms with Crippen LogP contribution in [0.3, 0.4) is 0 Å². The van der Waals surface area contributed by atoms with Gasteiger partial charge in [0, 0.05) is 17.9 Å². The summed E-state index contributed by atoms with van der Waals surface area (Å²) in [5.74, 6) is 0.664. The standard InChI is InChI=1S/C16H25FN2OS/c1-16(2,3)21(20)19-9-8-13(11-4-5-11)12-6-7-14(17)15(18)10-12/h6-7,10-11,13,19H,4-5,8-9,18H2,1-3H3/t13-,21-/m0/s1. The summed E-state index contributed by atoms with van der Waals surface area (Å²) in [7, 11) is 0. The molecule has 0 aromatic heterocycles. The van der Waals surface area contributed by atoms with E-state index in [0.717, 1.165) is 12.0 Å². The lowest BCUT2D eigenvalue weighted by Gasteiger charge is -2.25. The van der Waals surface area contributed by atoms with Crippen molar-refractivity contribution in [1.29, 1.82) is 0 Å². The molecule has 21 heavy (non-hydrogen) atoms. The van der Waals surface area contributed by atoms with E-state index >= 15 is 0 Å². The summed E-state index contributed by atoms with van der Waals surface area (Å²) < 4.78 is 28.1. The highest BCUT2D eigenvalue weighted by Gasteiger charge is 2.33. The van der Waals surface area contributed by atoms with Crippen molar-refractivity contribution in [3.8, 4) is 0 Å². The van der Waals surface area contributed by atoms with Crippen LogP contribution in [0.4, 0.5) is 10.1 Å². The minimum atomic E-state index is -1.05. The van der Waals surface area contributed by atoms with E-state index < -0.39 is 11.4 Å². The second-order valence-electron chi connectivity index (χ2n) is 6.79. The Bertz CT molecular complexity index is 486. The first kappa shape index (κ1) is 16.6. The molecule has 0 aliphatic heterocycles. The second-order valence-corrected chi connectivity index (χ2v) is 8.84. The summed E-state index contributed by atoms with van der Waals surface area (Å²) in [6.07, 6.45) is 3.33. The molecule has 1 aromatic carbocycles. The molecule has 2 rings (SSSR count). The van der Waals surface area contributed by atoms with Crippen molar-refractivity contribution in [3.63, 3.8) is 0 Å². The largest absolute Gasteiger partial charge is 0.598 e. The maximum Gasteiger partial charge on any atom is 0.146 e. The van der Waals surface area contributed by atoms with Gasteiger partial charge in [-0.15, -0.1) is 4.72 Å². The molecule has 2 atom stereocenters. The molecular weight excluding hydrogens is 287 g/mol. The summed E-state index contributed by atoms with van der Waals surface area (Å²) in [5, 5.41) is 0. The lowest BCUT2D eigenvalue weighted by molar-refractivity contribution is 0.520. The van der Waals surface area contributed by atoms with Gasteiger partial charge < -0.3 is 10.3 Å². The molecule has 1 aliphatic rings. The van der Waals surface area contributed by atoms with Crippen LogP contribution in [0.5, 0.6) is 0 Å². The van der Waals surface area contributed by atoms with Gasteiger partial charge in [0.25, 0.3) is 0 Å². The van der Waals surface area contributed by atoms with Crippen molar-refractivity contribution in [2.24, 2.45) is 5.92 Å². The lowest BCUT2D eigenvalue weighted by Crippen LogP contribution is -2.40. The number of nitrogens with one attached hydrogen (secondary N) is 1. The van der Waals surface area contributed by atoms with E-state index in [4.69, 9.17) is 5.73 Å². The monoisotopic (exact) mass is 312 g/mol. The quantitative estimate of drug-likeness (QED) is 0.625. The summed E-state index contributed by atoms with van der Waals surface area (Å²) in [6.45, 7) is 6.56. The van der Waals surface area contributed by atoms with Crippen molar-refractivity contribution in [2.75, 3.05) is 12.3 Å². The van der Waals surface area contributed by atoms with Crippen LogP contribution in [0.25, 0.3) is 0 Å². The average molecular weight is 312 g/mol. The van der Waals surface area contributed by atoms with Crippen LogP contribution in [-0.2, 0) is 11.4 Å². The molecule has 118 valence electrons. The van der Waals surface area contributed by atoms with Crippen molar-refractivity contribution in [3.05, 3.63) is 29.6 Å². The summed E-state index contributed by atoms with van der Waals surface area (Å²) in [4.78, 5) is 0. The molecule has 3 nitrogen and oxygen atoms in total. The van der Waals surface area contributed by atoms with Gasteiger partial charge in [0.2, 0.25) is 0 Å². The first-order valence-electron chi connectivity index (χ1n) is 7.49. The van der Waals surface area contributed by atoms with E-state index in [1.54, 1.807) is 6.07 Å². The predicted octanol–water partition coefficient (Wildman–Crippen LogP) is 3.34. The first-order chi connectivity index (χ1) is 9.79. The molecular formula is C16H25FN2OS. The van der Waals surface area contributed by atoms with E-state index in [1.165, 1.54) is 18.9 Å². The third kappa shape index (κ3) is 4.59. The van der Waals surface area contributed by atoms with Crippen LogP contribution in [0, 0.1) is 11.7 Å². The van der Waals surface area contributed by atoms with Crippen molar-refractivity contribution in [2.45, 2.75) is 50.7 Å². The molecule has 3 N–H and O–H groups in total. The van der Waals surface area contributed by atoms with Crippen LogP contribution < -0.4 is 10.5 Å². The highest BCUT2D eigenvalue weighted by molar-refractivity contribution is 7.90. The van der Waals surface area contributed by atoms with E-state index in [0.29, 0.717) is 18.4 Å². The molecule has 0 heterocycles. The Morgan fingerprint density at radius 1 is 1.43 bits per heavy atom. The van der Waals surface area contributed by atoms with Crippen LogP contribution in [0.15, 0.2) is 18.2 Å². The number of rotatable bonds is 6. The second kappa shape index (κ2) is 6.55. The molecule has 0 amide bonds. The number of hydrogen-bond acceptors (Lipinski definition) is 3. The normalized spacial score (nSPS) is 18.5. The molecule has 0 radical (unpaired) electrons. The van der Waals surface area contributed by atoms with Gasteiger partial charge in [0.05, 0.1) is 5.69 Å². The summed E-state index contributed by atoms with van der Waals surface area (Å²) >= 11 is -1.05. The predicted molar refractivity (Wildman–Crippen MR) is 86.8 cm³/mol. The molecule has 0 saturated heterocycles. The zero-order valence-corrected chi connectivity index (χ0v) is 13.8. The molecule has 0 bridgehead atoms. The van der Waals surface area contributed by atoms with E-state index in [-0.39, 0.29) is 16.3 Å². The first-order valence-corrected chi connectivity index (χ1v) is 8.64. The van der Waals surface area contributed by atoms with E-state index in [2.05, 4.69) is 4.72 Å². The van der Waals surface area contributed by atoms with Crippen LogP contribution in [-0.4, -0.2) is 15.8 Å². The number of benzene rings is 1. The number of nitrogens with two attached hydrogens (primary N) is 1. The van der Waals surface area contributed by atoms with E-state index in [9.17, 15) is 8.94 Å². The van der Waals surface area contributed by atoms with Crippen molar-refractivity contribution in [1.82, 2.24) is 4.72 Å². The highest BCUT2D eigenvalue weighted by atomic mass is 32.2. The fourth-order valence-corrected chi connectivity index (χ4v) is 3.23. The SMILES string of the molecule is CC(C)(C)[S@+]([O-])NCC[C@H](c1ccc(F)c(N)c1)C1CC1. The molecule has 0 spiro atoms. The minimum Gasteiger partial charge on any atom is -0.598 e. The minimum absolute atomic E-state index is 0.212. The van der Waals surface area contributed by atoms with Crippen LogP contribution >= 0.6 is 0 Å². The molecule has 1 fully saturated rings. The van der Waals surface area contributed by atoms with Crippen LogP contribution in [0.1, 0.15) is 51.5 Å². The average Bonchev–Trinajstić information content (AvgIpc) is 3.21. The number of nitrogen functional groups attached to an aromatic ring is 1. The zero-order chi connectivity index (χ0) is 15.6. The van der Waals surface area contributed by atoms with Crippen molar-refractivity contribution >= 4 is 17.0 Å². The Balaban J connectivity index is 1.95. The molecule has 1 aliphatic carbocycles. The van der Waals surface area contributed by atoms with Gasteiger partial charge in [0.1, 0.15) is 10.6 Å². The van der Waals surface area contributed by atoms with Gasteiger partial charge in [0.15, 0.2) is 0 Å². The third-order valence-corrected chi connectivity index (χ3v) is 5.46. The number of halogens is 1. The Morgan fingerprint density at radius 3 is 2.62 bits per heavy atom. The zero-order valence-electron chi connectivity index (χ0n) is 13.0. The fraction of sp³-hybridized carbons (Fsp3) is 0.625. The number of anilines is 1. The Hall–Kier alpha value is -0.780. The summed E-state index contributed by atoms with van der Waals surface area (Å²) in [6, 6.07) is 5.02. The highest BCUT2D eigenvalue weighted by Crippen LogP contribution is 2.44. The fourth-order valence-electron chi connectivity index (χ4n) is 2.49. The van der Waals surface area contributed by atoms with Gasteiger partial charge in [-0.05, 0) is 69.6 Å². The Morgan fingerprint density at radius 2 is 2.10 bits per heavy atom. The van der Waals surface area contributed by atoms with Gasteiger partial charge in [-0.2, -0.15) is 0 Å². The molecule has 1 saturated carbocycles. The van der Waals surface area contributed by atoms with Gasteiger partial charge in [-0.1, -0.05) is 6.07 Å². The lowest BCUT2D eigenvalue weighted by atomic mass is 9.91. The topological polar surface area (TPSA) is 61.1 Å². The van der Waals surface area contributed by atoms with Gasteiger partial charge in [-0.25, -0.2) is 4.39 Å². The smallest absolute Gasteiger partial charge is 0.146 e. The van der Waals surface area contributed by atoms with Gasteiger partial charge >= 0.3 is 0 Å². The number of hydrogen-bond donors (Lipinski definition) is 2.